The third-order valence-electron chi connectivity index (χ3n) is 4.79. The second-order valence-electron chi connectivity index (χ2n) is 7.17. The monoisotopic (exact) mass is 373 g/mol. The minimum absolute atomic E-state index is 0.270. The van der Waals surface area contributed by atoms with E-state index in [9.17, 15) is 5.11 Å². The van der Waals surface area contributed by atoms with Gasteiger partial charge in [0.1, 0.15) is 11.3 Å². The van der Waals surface area contributed by atoms with Crippen LogP contribution in [0.1, 0.15) is 37.6 Å². The van der Waals surface area contributed by atoms with Crippen LogP contribution in [-0.4, -0.2) is 29.6 Å². The Hall–Kier alpha value is -3.28. The summed E-state index contributed by atoms with van der Waals surface area (Å²) in [6.07, 6.45) is 8.05. The van der Waals surface area contributed by atoms with Crippen LogP contribution in [0.4, 0.5) is 0 Å². The highest BCUT2D eigenvalue weighted by Crippen LogP contribution is 2.24. The second kappa shape index (κ2) is 7.76. The number of phenolic OH excluding ortho intramolecular Hbond substituents is 1. The third-order valence-corrected chi connectivity index (χ3v) is 4.79. The van der Waals surface area contributed by atoms with Gasteiger partial charge in [-0.1, -0.05) is 12.1 Å². The molecule has 0 radical (unpaired) electrons. The molecule has 3 heterocycles. The standard InChI is InChI=1S/C22H23N5O/c1-15(2)27-14-24-20-19(7-3-5-16-8-10-18(28)11-9-16)25-21(26-22(20)27)17-6-4-12-23-13-17/h4,6,8-15,28H,3,5,7H2,1-2H3. The van der Waals surface area contributed by atoms with Crippen molar-refractivity contribution in [1.29, 1.82) is 0 Å². The van der Waals surface area contributed by atoms with Crippen molar-refractivity contribution in [2.75, 3.05) is 0 Å². The molecule has 142 valence electrons. The highest BCUT2D eigenvalue weighted by Gasteiger charge is 2.15. The Morgan fingerprint density at radius 2 is 1.86 bits per heavy atom. The molecule has 3 aromatic heterocycles. The van der Waals surface area contributed by atoms with Crippen LogP contribution in [0.3, 0.4) is 0 Å². The van der Waals surface area contributed by atoms with Gasteiger partial charge in [-0.05, 0) is 62.9 Å². The van der Waals surface area contributed by atoms with Crippen LogP contribution >= 0.6 is 0 Å². The Morgan fingerprint density at radius 1 is 1.04 bits per heavy atom. The maximum Gasteiger partial charge on any atom is 0.164 e. The van der Waals surface area contributed by atoms with E-state index in [4.69, 9.17) is 9.97 Å². The number of nitrogens with zero attached hydrogens (tertiary/aromatic N) is 5. The van der Waals surface area contributed by atoms with Crippen molar-refractivity contribution in [3.63, 3.8) is 0 Å². The molecule has 0 aliphatic carbocycles. The molecule has 0 aliphatic rings. The number of fused-ring (bicyclic) bond motifs is 1. The number of pyridine rings is 1. The number of aryl methyl sites for hydroxylation is 2. The average molecular weight is 373 g/mol. The maximum atomic E-state index is 9.43. The summed E-state index contributed by atoms with van der Waals surface area (Å²) in [4.78, 5) is 18.4. The van der Waals surface area contributed by atoms with Crippen molar-refractivity contribution in [1.82, 2.24) is 24.5 Å². The summed E-state index contributed by atoms with van der Waals surface area (Å²) in [5.41, 5.74) is 4.79. The molecule has 0 saturated heterocycles. The lowest BCUT2D eigenvalue weighted by atomic mass is 10.1. The van der Waals surface area contributed by atoms with Crippen LogP contribution in [0.5, 0.6) is 5.75 Å². The molecule has 0 atom stereocenters. The van der Waals surface area contributed by atoms with Gasteiger partial charge in [0.25, 0.3) is 0 Å². The predicted octanol–water partition coefficient (Wildman–Crippen LogP) is 4.35. The molecule has 0 bridgehead atoms. The fourth-order valence-corrected chi connectivity index (χ4v) is 3.27. The van der Waals surface area contributed by atoms with E-state index in [1.165, 1.54) is 5.56 Å². The van der Waals surface area contributed by atoms with Gasteiger partial charge in [-0.3, -0.25) is 4.98 Å². The lowest BCUT2D eigenvalue weighted by molar-refractivity contribution is 0.475. The number of imidazole rings is 1. The number of aromatic nitrogens is 5. The van der Waals surface area contributed by atoms with Gasteiger partial charge in [0.05, 0.1) is 12.0 Å². The zero-order valence-corrected chi connectivity index (χ0v) is 16.1. The minimum atomic E-state index is 0.270. The van der Waals surface area contributed by atoms with E-state index >= 15 is 0 Å². The molecule has 0 fully saturated rings. The van der Waals surface area contributed by atoms with Crippen LogP contribution < -0.4 is 0 Å². The molecular formula is C22H23N5O. The quantitative estimate of drug-likeness (QED) is 0.544. The van der Waals surface area contributed by atoms with Gasteiger partial charge in [-0.15, -0.1) is 0 Å². The molecule has 6 heteroatoms. The summed E-state index contributed by atoms with van der Waals surface area (Å²) >= 11 is 0. The van der Waals surface area contributed by atoms with Crippen LogP contribution in [0.15, 0.2) is 55.1 Å². The van der Waals surface area contributed by atoms with Gasteiger partial charge in [0, 0.05) is 24.0 Å². The number of hydrogen-bond acceptors (Lipinski definition) is 5. The molecular weight excluding hydrogens is 350 g/mol. The lowest BCUT2D eigenvalue weighted by Gasteiger charge is -2.10. The topological polar surface area (TPSA) is 76.7 Å². The molecule has 4 aromatic rings. The first-order valence-corrected chi connectivity index (χ1v) is 9.53. The lowest BCUT2D eigenvalue weighted by Crippen LogP contribution is -2.04. The Balaban J connectivity index is 1.66. The van der Waals surface area contributed by atoms with Crippen molar-refractivity contribution in [3.05, 3.63) is 66.4 Å². The van der Waals surface area contributed by atoms with Crippen molar-refractivity contribution in [2.24, 2.45) is 0 Å². The van der Waals surface area contributed by atoms with Gasteiger partial charge in [-0.25, -0.2) is 15.0 Å². The van der Waals surface area contributed by atoms with E-state index < -0.39 is 0 Å². The second-order valence-corrected chi connectivity index (χ2v) is 7.17. The van der Waals surface area contributed by atoms with E-state index in [0.29, 0.717) is 11.6 Å². The molecule has 1 N–H and O–H groups in total. The summed E-state index contributed by atoms with van der Waals surface area (Å²) in [5.74, 6) is 0.976. The Morgan fingerprint density at radius 3 is 2.57 bits per heavy atom. The van der Waals surface area contributed by atoms with E-state index in [2.05, 4.69) is 28.4 Å². The summed E-state index contributed by atoms with van der Waals surface area (Å²) in [5, 5.41) is 9.43. The van der Waals surface area contributed by atoms with Crippen molar-refractivity contribution >= 4 is 11.2 Å². The molecule has 0 saturated carbocycles. The normalized spacial score (nSPS) is 11.4. The Kier molecular flexibility index (Phi) is 5.02. The highest BCUT2D eigenvalue weighted by molar-refractivity contribution is 5.76. The molecule has 0 amide bonds. The largest absolute Gasteiger partial charge is 0.508 e. The zero-order valence-electron chi connectivity index (χ0n) is 16.1. The molecule has 0 spiro atoms. The summed E-state index contributed by atoms with van der Waals surface area (Å²) < 4.78 is 2.08. The van der Waals surface area contributed by atoms with E-state index in [0.717, 1.165) is 41.7 Å². The first-order valence-electron chi connectivity index (χ1n) is 9.53. The number of hydrogen-bond donors (Lipinski definition) is 1. The Bertz CT molecular complexity index is 1070. The van der Waals surface area contributed by atoms with Crippen molar-refractivity contribution in [2.45, 2.75) is 39.2 Å². The number of aromatic hydroxyl groups is 1. The van der Waals surface area contributed by atoms with Crippen LogP contribution in [0.25, 0.3) is 22.6 Å². The Labute approximate surface area is 164 Å². The van der Waals surface area contributed by atoms with E-state index in [1.54, 1.807) is 24.5 Å². The van der Waals surface area contributed by atoms with Crippen LogP contribution in [0, 0.1) is 0 Å². The molecule has 28 heavy (non-hydrogen) atoms. The van der Waals surface area contributed by atoms with E-state index in [-0.39, 0.29) is 6.04 Å². The molecule has 0 unspecified atom stereocenters. The van der Waals surface area contributed by atoms with Gasteiger partial charge in [0.15, 0.2) is 11.5 Å². The van der Waals surface area contributed by atoms with Gasteiger partial charge in [-0.2, -0.15) is 0 Å². The molecule has 6 nitrogen and oxygen atoms in total. The predicted molar refractivity (Wildman–Crippen MR) is 109 cm³/mol. The first-order chi connectivity index (χ1) is 13.6. The van der Waals surface area contributed by atoms with E-state index in [1.807, 2.05) is 30.6 Å². The number of phenols is 1. The molecule has 0 aliphatic heterocycles. The SMILES string of the molecule is CC(C)n1cnc2c(CCCc3ccc(O)cc3)nc(-c3cccnc3)nc21. The van der Waals surface area contributed by atoms with Gasteiger partial charge >= 0.3 is 0 Å². The van der Waals surface area contributed by atoms with Crippen molar-refractivity contribution < 1.29 is 5.11 Å². The minimum Gasteiger partial charge on any atom is -0.508 e. The molecule has 4 rings (SSSR count). The summed E-state index contributed by atoms with van der Waals surface area (Å²) in [7, 11) is 0. The van der Waals surface area contributed by atoms with Crippen molar-refractivity contribution in [3.8, 4) is 17.1 Å². The van der Waals surface area contributed by atoms with Gasteiger partial charge in [0.2, 0.25) is 0 Å². The smallest absolute Gasteiger partial charge is 0.164 e. The summed E-state index contributed by atoms with van der Waals surface area (Å²) in [6, 6.07) is 11.5. The average Bonchev–Trinajstić information content (AvgIpc) is 3.14. The first kappa shape index (κ1) is 18.1. The molecule has 1 aromatic carbocycles. The van der Waals surface area contributed by atoms with Crippen LogP contribution in [0.2, 0.25) is 0 Å². The highest BCUT2D eigenvalue weighted by atomic mass is 16.3. The maximum absolute atomic E-state index is 9.43. The fraction of sp³-hybridized carbons (Fsp3) is 0.273. The summed E-state index contributed by atoms with van der Waals surface area (Å²) in [6.45, 7) is 4.24. The van der Waals surface area contributed by atoms with Gasteiger partial charge < -0.3 is 9.67 Å². The number of benzene rings is 1. The van der Waals surface area contributed by atoms with Crippen LogP contribution in [-0.2, 0) is 12.8 Å². The fourth-order valence-electron chi connectivity index (χ4n) is 3.27. The number of rotatable bonds is 6. The zero-order chi connectivity index (χ0) is 19.5. The third kappa shape index (κ3) is 3.71.